The van der Waals surface area contributed by atoms with E-state index < -0.39 is 11.8 Å². The highest BCUT2D eigenvalue weighted by Gasteiger charge is 2.31. The summed E-state index contributed by atoms with van der Waals surface area (Å²) in [6.07, 6.45) is 5.95. The molecule has 6 aromatic rings. The summed E-state index contributed by atoms with van der Waals surface area (Å²) in [5, 5.41) is 14.8. The van der Waals surface area contributed by atoms with Crippen LogP contribution >= 0.6 is 0 Å². The second-order valence-electron chi connectivity index (χ2n) is 14.1. The zero-order valence-electron chi connectivity index (χ0n) is 31.9. The van der Waals surface area contributed by atoms with E-state index in [0.717, 1.165) is 11.4 Å². The Morgan fingerprint density at radius 1 is 0.719 bits per heavy atom. The molecule has 0 saturated heterocycles. The maximum absolute atomic E-state index is 13.5. The van der Waals surface area contributed by atoms with Gasteiger partial charge < -0.3 is 25.5 Å². The number of amides is 4. The summed E-state index contributed by atoms with van der Waals surface area (Å²) >= 11 is 0. The Morgan fingerprint density at radius 2 is 1.19 bits per heavy atom. The lowest BCUT2D eigenvalue weighted by Crippen LogP contribution is -2.26. The van der Waals surface area contributed by atoms with Crippen LogP contribution in [0.1, 0.15) is 98.3 Å². The van der Waals surface area contributed by atoms with Crippen LogP contribution < -0.4 is 31.6 Å². The topological polar surface area (TPSA) is 234 Å². The first-order valence-electron chi connectivity index (χ1n) is 18.8. The van der Waals surface area contributed by atoms with E-state index in [9.17, 15) is 19.2 Å². The third-order valence-corrected chi connectivity index (χ3v) is 10.2. The van der Waals surface area contributed by atoms with E-state index in [4.69, 9.17) is 30.9 Å². The predicted molar refractivity (Wildman–Crippen MR) is 210 cm³/mol. The molecule has 0 radical (unpaired) electrons. The molecule has 2 aromatic carbocycles. The summed E-state index contributed by atoms with van der Waals surface area (Å²) < 4.78 is 19.5. The van der Waals surface area contributed by atoms with Crippen LogP contribution in [0.5, 0.6) is 11.5 Å². The second kappa shape index (κ2) is 14.6. The highest BCUT2D eigenvalue weighted by atomic mass is 16.5. The minimum atomic E-state index is -0.614. The van der Waals surface area contributed by atoms with Gasteiger partial charge in [0.15, 0.2) is 0 Å². The van der Waals surface area contributed by atoms with Crippen LogP contribution in [-0.2, 0) is 13.1 Å². The molecule has 18 nitrogen and oxygen atoms in total. The van der Waals surface area contributed by atoms with Gasteiger partial charge in [0.25, 0.3) is 11.8 Å². The number of nitrogens with one attached hydrogen (secondary N) is 2. The minimum Gasteiger partial charge on any atom is -0.489 e. The van der Waals surface area contributed by atoms with Crippen molar-refractivity contribution in [1.82, 2.24) is 38.7 Å². The SMILES string of the molecule is CCn1nc(C)cc1C(=O)Nc1nc2cc(C(N)=O)cc3c2n1[C@@H](CC=CCC[C@H]1COc2cc(C(N)=O)cc4nc(NC(=O)c5cc(C)nn5CC)n1c24)CO3. The first kappa shape index (κ1) is 37.0. The van der Waals surface area contributed by atoms with Crippen LogP contribution in [0.25, 0.3) is 22.1 Å². The molecule has 8 rings (SSSR count). The smallest absolute Gasteiger partial charge is 0.276 e. The van der Waals surface area contributed by atoms with Crippen molar-refractivity contribution < 1.29 is 28.7 Å². The maximum Gasteiger partial charge on any atom is 0.276 e. The van der Waals surface area contributed by atoms with Crippen LogP contribution in [0.3, 0.4) is 0 Å². The second-order valence-corrected chi connectivity index (χ2v) is 14.1. The summed E-state index contributed by atoms with van der Waals surface area (Å²) in [5.74, 6) is -0.398. The molecule has 0 bridgehead atoms. The Balaban J connectivity index is 1.04. The molecule has 57 heavy (non-hydrogen) atoms. The fourth-order valence-corrected chi connectivity index (χ4v) is 7.62. The van der Waals surface area contributed by atoms with Crippen LogP contribution in [0.15, 0.2) is 48.6 Å². The molecule has 0 unspecified atom stereocenters. The van der Waals surface area contributed by atoms with Gasteiger partial charge in [-0.3, -0.25) is 43.7 Å². The number of anilines is 2. The molecule has 294 valence electrons. The van der Waals surface area contributed by atoms with Crippen LogP contribution in [0.4, 0.5) is 11.9 Å². The zero-order chi connectivity index (χ0) is 40.1. The molecule has 0 spiro atoms. The van der Waals surface area contributed by atoms with Gasteiger partial charge in [0.05, 0.1) is 34.5 Å². The number of aryl methyl sites for hydroxylation is 4. The number of imidazole rings is 2. The van der Waals surface area contributed by atoms with Gasteiger partial charge in [-0.25, -0.2) is 9.97 Å². The van der Waals surface area contributed by atoms with Crippen molar-refractivity contribution in [1.29, 1.82) is 0 Å². The van der Waals surface area contributed by atoms with Gasteiger partial charge in [-0.1, -0.05) is 12.2 Å². The molecule has 0 fully saturated rings. The molecule has 2 atom stereocenters. The molecule has 0 aliphatic carbocycles. The number of hydrogen-bond acceptors (Lipinski definition) is 10. The Labute approximate surface area is 325 Å². The van der Waals surface area contributed by atoms with Crippen molar-refractivity contribution in [2.24, 2.45) is 11.5 Å². The standard InChI is InChI=1S/C39H42N12O6/c1-5-48-28(12-20(3)46-48)36(54)44-38-42-26-14-22(34(40)52)16-30-32(26)50(38)24(18-56-30)10-8-7-9-11-25-19-57-31-17-23(35(41)53)15-27-33(31)51(25)39(43-27)45-37(55)29-13-21(4)47-49(29)6-2/h7-8,12-17,24-25H,5-6,9-11,18-19H2,1-4H3,(H2,40,52)(H2,41,53)(H,42,44,54)(H,43,45,55)/t24-,25-/m0/s1. The van der Waals surface area contributed by atoms with Crippen LogP contribution in [0.2, 0.25) is 0 Å². The zero-order valence-corrected chi connectivity index (χ0v) is 31.9. The largest absolute Gasteiger partial charge is 0.489 e. The van der Waals surface area contributed by atoms with Crippen molar-refractivity contribution in [3.8, 4) is 11.5 Å². The van der Waals surface area contributed by atoms with Gasteiger partial charge in [-0.15, -0.1) is 0 Å². The molecule has 18 heteroatoms. The molecule has 2 aliphatic heterocycles. The average Bonchev–Trinajstić information content (AvgIpc) is 3.96. The van der Waals surface area contributed by atoms with Crippen molar-refractivity contribution in [3.05, 3.63) is 82.5 Å². The Bertz CT molecular complexity index is 2650. The Hall–Kier alpha value is -6.98. The van der Waals surface area contributed by atoms with Gasteiger partial charge in [0, 0.05) is 24.2 Å². The number of aromatic nitrogens is 8. The number of benzene rings is 2. The van der Waals surface area contributed by atoms with Crippen molar-refractivity contribution in [3.63, 3.8) is 0 Å². The molecule has 2 aliphatic rings. The fraction of sp³-hybridized carbons (Fsp3) is 0.333. The first-order chi connectivity index (χ1) is 27.4. The summed E-state index contributed by atoms with van der Waals surface area (Å²) in [6.45, 7) is 9.04. The lowest BCUT2D eigenvalue weighted by molar-refractivity contribution is 0.0991. The Morgan fingerprint density at radius 3 is 1.67 bits per heavy atom. The van der Waals surface area contributed by atoms with Crippen molar-refractivity contribution in [2.75, 3.05) is 23.8 Å². The molecular formula is C39H42N12O6. The summed E-state index contributed by atoms with van der Waals surface area (Å²) in [4.78, 5) is 60.8. The van der Waals surface area contributed by atoms with E-state index in [1.807, 2.05) is 36.8 Å². The minimum absolute atomic E-state index is 0.209. The van der Waals surface area contributed by atoms with E-state index in [0.29, 0.717) is 89.2 Å². The van der Waals surface area contributed by atoms with E-state index in [2.05, 4.69) is 33.0 Å². The molecule has 4 amide bonds. The van der Waals surface area contributed by atoms with Gasteiger partial charge >= 0.3 is 0 Å². The van der Waals surface area contributed by atoms with Crippen molar-refractivity contribution >= 4 is 57.6 Å². The summed E-state index contributed by atoms with van der Waals surface area (Å²) in [5.41, 5.74) is 16.2. The van der Waals surface area contributed by atoms with E-state index in [1.165, 1.54) is 0 Å². The van der Waals surface area contributed by atoms with Crippen LogP contribution in [-0.4, -0.2) is 75.5 Å². The maximum atomic E-state index is 13.5. The lowest BCUT2D eigenvalue weighted by atomic mass is 10.1. The van der Waals surface area contributed by atoms with Crippen molar-refractivity contribution in [2.45, 2.75) is 72.1 Å². The number of hydrogen-bond donors (Lipinski definition) is 4. The summed E-state index contributed by atoms with van der Waals surface area (Å²) in [6, 6.07) is 9.38. The molecule has 0 saturated carbocycles. The van der Waals surface area contributed by atoms with Gasteiger partial charge in [0.1, 0.15) is 47.1 Å². The first-order valence-corrected chi connectivity index (χ1v) is 18.8. The van der Waals surface area contributed by atoms with E-state index in [1.54, 1.807) is 45.8 Å². The van der Waals surface area contributed by atoms with E-state index in [-0.39, 0.29) is 48.2 Å². The highest BCUT2D eigenvalue weighted by molar-refractivity contribution is 6.05. The number of carbonyl (C=O) groups is 4. The monoisotopic (exact) mass is 774 g/mol. The number of carbonyl (C=O) groups excluding carboxylic acids is 4. The summed E-state index contributed by atoms with van der Waals surface area (Å²) in [7, 11) is 0. The van der Waals surface area contributed by atoms with Crippen LogP contribution in [0, 0.1) is 13.8 Å². The third kappa shape index (κ3) is 6.72. The quantitative estimate of drug-likeness (QED) is 0.121. The number of nitrogens with two attached hydrogens (primary N) is 2. The number of nitrogens with zero attached hydrogens (tertiary/aromatic N) is 8. The molecule has 6 N–H and O–H groups in total. The molecular weight excluding hydrogens is 733 g/mol. The lowest BCUT2D eigenvalue weighted by Gasteiger charge is -2.27. The number of rotatable bonds is 13. The molecule has 4 aromatic heterocycles. The number of allylic oxidation sites excluding steroid dienone is 2. The van der Waals surface area contributed by atoms with Gasteiger partial charge in [-0.2, -0.15) is 10.2 Å². The predicted octanol–water partition coefficient (Wildman–Crippen LogP) is 4.43. The number of ether oxygens (including phenoxy) is 2. The number of primary amides is 2. The van der Waals surface area contributed by atoms with E-state index >= 15 is 0 Å². The third-order valence-electron chi connectivity index (χ3n) is 10.2. The fourth-order valence-electron chi connectivity index (χ4n) is 7.62. The highest BCUT2D eigenvalue weighted by Crippen LogP contribution is 2.40. The molecule has 6 heterocycles. The average molecular weight is 775 g/mol. The normalized spacial score (nSPS) is 15.9. The van der Waals surface area contributed by atoms with Gasteiger partial charge in [-0.05, 0) is 83.4 Å². The Kier molecular flexibility index (Phi) is 9.46. The van der Waals surface area contributed by atoms with Gasteiger partial charge in [0.2, 0.25) is 23.7 Å².